The monoisotopic (exact) mass is 235 g/mol. The van der Waals surface area contributed by atoms with E-state index in [1.807, 2.05) is 10.8 Å². The Balaban J connectivity index is 1.82. The van der Waals surface area contributed by atoms with Gasteiger partial charge in [0.1, 0.15) is 5.69 Å². The van der Waals surface area contributed by atoms with E-state index in [9.17, 15) is 9.90 Å². The summed E-state index contributed by atoms with van der Waals surface area (Å²) in [5.74, 6) is -0.0277. The largest absolute Gasteiger partial charge is 0.397 e. The third-order valence-electron chi connectivity index (χ3n) is 3.38. The second-order valence-corrected chi connectivity index (χ2v) is 5.46. The molecule has 1 aromatic rings. The highest BCUT2D eigenvalue weighted by atomic mass is 16.3. The summed E-state index contributed by atoms with van der Waals surface area (Å²) in [4.78, 5) is 13.9. The zero-order valence-electron chi connectivity index (χ0n) is 9.89. The fraction of sp³-hybridized carbons (Fsp3) is 0.583. The van der Waals surface area contributed by atoms with Crippen molar-refractivity contribution >= 4 is 11.6 Å². The van der Waals surface area contributed by atoms with Crippen molar-refractivity contribution in [2.45, 2.75) is 31.4 Å². The number of hydrogen-bond acceptors (Lipinski definition) is 3. The molecule has 17 heavy (non-hydrogen) atoms. The summed E-state index contributed by atoms with van der Waals surface area (Å²) in [6, 6.07) is 2.17. The highest BCUT2D eigenvalue weighted by molar-refractivity contribution is 5.94. The predicted octanol–water partition coefficient (Wildman–Crippen LogP) is 0.612. The first-order valence-electron chi connectivity index (χ1n) is 5.95. The number of nitrogens with two attached hydrogens (primary N) is 1. The number of β-amino-alcohol motifs (C(OH)–C–C–N with tert-alkyl or cyclic N) is 1. The van der Waals surface area contributed by atoms with Gasteiger partial charge in [-0.2, -0.15) is 0 Å². The molecule has 0 radical (unpaired) electrons. The molecule has 3 rings (SSSR count). The quantitative estimate of drug-likeness (QED) is 0.789. The van der Waals surface area contributed by atoms with E-state index in [1.165, 1.54) is 0 Å². The summed E-state index contributed by atoms with van der Waals surface area (Å²) in [5, 5.41) is 9.65. The Kier molecular flexibility index (Phi) is 2.04. The lowest BCUT2D eigenvalue weighted by Gasteiger charge is -2.44. The van der Waals surface area contributed by atoms with E-state index < -0.39 is 5.60 Å². The van der Waals surface area contributed by atoms with Gasteiger partial charge >= 0.3 is 0 Å². The van der Waals surface area contributed by atoms with Crippen molar-refractivity contribution in [3.8, 4) is 0 Å². The van der Waals surface area contributed by atoms with Crippen molar-refractivity contribution in [1.29, 1.82) is 0 Å². The minimum atomic E-state index is -0.724. The average molecular weight is 235 g/mol. The second-order valence-electron chi connectivity index (χ2n) is 5.46. The number of hydrogen-bond donors (Lipinski definition) is 2. The molecule has 0 atom stereocenters. The summed E-state index contributed by atoms with van der Waals surface area (Å²) in [5.41, 5.74) is 6.32. The van der Waals surface area contributed by atoms with E-state index >= 15 is 0 Å². The Hall–Kier alpha value is -1.49. The maximum absolute atomic E-state index is 12.2. The minimum absolute atomic E-state index is 0.0277. The van der Waals surface area contributed by atoms with Crippen LogP contribution in [0.4, 0.5) is 5.69 Å². The molecule has 1 saturated heterocycles. The molecule has 1 aromatic heterocycles. The zero-order valence-corrected chi connectivity index (χ0v) is 9.89. The van der Waals surface area contributed by atoms with Gasteiger partial charge in [-0.25, -0.2) is 0 Å². The summed E-state index contributed by atoms with van der Waals surface area (Å²) in [6.07, 6.45) is 4.07. The molecule has 0 unspecified atom stereocenters. The standard InChI is InChI=1S/C12H17N3O2/c1-12(17)6-14(7-12)11(16)10-4-8(13)5-15(10)9-2-3-9/h4-5,9,17H,2-3,6-7,13H2,1H3. The molecule has 2 fully saturated rings. The number of rotatable bonds is 2. The fourth-order valence-electron chi connectivity index (χ4n) is 2.41. The Morgan fingerprint density at radius 1 is 1.53 bits per heavy atom. The third-order valence-corrected chi connectivity index (χ3v) is 3.38. The maximum atomic E-state index is 12.2. The van der Waals surface area contributed by atoms with Gasteiger partial charge in [-0.1, -0.05) is 0 Å². The van der Waals surface area contributed by atoms with Crippen molar-refractivity contribution in [2.24, 2.45) is 0 Å². The van der Waals surface area contributed by atoms with Gasteiger partial charge in [0, 0.05) is 12.2 Å². The molecular formula is C12H17N3O2. The van der Waals surface area contributed by atoms with Crippen LogP contribution in [0.5, 0.6) is 0 Å². The van der Waals surface area contributed by atoms with Gasteiger partial charge in [-0.15, -0.1) is 0 Å². The molecule has 2 aliphatic rings. The molecule has 3 N–H and O–H groups in total. The van der Waals surface area contributed by atoms with Gasteiger partial charge in [0.2, 0.25) is 0 Å². The van der Waals surface area contributed by atoms with Crippen LogP contribution in [0.1, 0.15) is 36.3 Å². The number of aromatic nitrogens is 1. The number of anilines is 1. The molecule has 0 aromatic carbocycles. The molecule has 5 heteroatoms. The molecular weight excluding hydrogens is 218 g/mol. The number of carbonyl (C=O) groups is 1. The van der Waals surface area contributed by atoms with Gasteiger partial charge in [0.05, 0.1) is 24.4 Å². The second kappa shape index (κ2) is 3.26. The predicted molar refractivity (Wildman–Crippen MR) is 63.6 cm³/mol. The molecule has 2 heterocycles. The van der Waals surface area contributed by atoms with Crippen LogP contribution < -0.4 is 5.73 Å². The van der Waals surface area contributed by atoms with Gasteiger partial charge in [0.15, 0.2) is 0 Å². The number of amides is 1. The summed E-state index contributed by atoms with van der Waals surface area (Å²) < 4.78 is 1.98. The van der Waals surface area contributed by atoms with E-state index in [0.29, 0.717) is 30.5 Å². The average Bonchev–Trinajstić information content (AvgIpc) is 2.97. The molecule has 1 aliphatic carbocycles. The molecule has 5 nitrogen and oxygen atoms in total. The fourth-order valence-corrected chi connectivity index (χ4v) is 2.41. The van der Waals surface area contributed by atoms with Gasteiger partial charge in [0.25, 0.3) is 5.91 Å². The van der Waals surface area contributed by atoms with Crippen LogP contribution in [0, 0.1) is 0 Å². The highest BCUT2D eigenvalue weighted by Gasteiger charge is 2.41. The van der Waals surface area contributed by atoms with Crippen LogP contribution in [0.3, 0.4) is 0 Å². The highest BCUT2D eigenvalue weighted by Crippen LogP contribution is 2.37. The normalized spacial score (nSPS) is 22.4. The van der Waals surface area contributed by atoms with Crippen LogP contribution in [-0.4, -0.2) is 39.2 Å². The van der Waals surface area contributed by atoms with Crippen LogP contribution in [0.2, 0.25) is 0 Å². The van der Waals surface area contributed by atoms with Crippen molar-refractivity contribution in [3.63, 3.8) is 0 Å². The minimum Gasteiger partial charge on any atom is -0.397 e. The van der Waals surface area contributed by atoms with Crippen molar-refractivity contribution < 1.29 is 9.90 Å². The molecule has 1 saturated carbocycles. The number of carbonyl (C=O) groups excluding carboxylic acids is 1. The first-order chi connectivity index (χ1) is 7.96. The van der Waals surface area contributed by atoms with Crippen LogP contribution in [0.15, 0.2) is 12.3 Å². The first-order valence-corrected chi connectivity index (χ1v) is 5.95. The zero-order chi connectivity index (χ0) is 12.2. The van der Waals surface area contributed by atoms with E-state index in [2.05, 4.69) is 0 Å². The lowest BCUT2D eigenvalue weighted by Crippen LogP contribution is -2.61. The van der Waals surface area contributed by atoms with E-state index in [-0.39, 0.29) is 5.91 Å². The smallest absolute Gasteiger partial charge is 0.270 e. The first kappa shape index (κ1) is 10.7. The topological polar surface area (TPSA) is 71.5 Å². The van der Waals surface area contributed by atoms with Gasteiger partial charge < -0.3 is 20.3 Å². The summed E-state index contributed by atoms with van der Waals surface area (Å²) in [6.45, 7) is 2.55. The SMILES string of the molecule is CC1(O)CN(C(=O)c2cc(N)cn2C2CC2)C1. The summed E-state index contributed by atoms with van der Waals surface area (Å²) >= 11 is 0. The van der Waals surface area contributed by atoms with Crippen molar-refractivity contribution in [2.75, 3.05) is 18.8 Å². The molecule has 1 aliphatic heterocycles. The van der Waals surface area contributed by atoms with E-state index in [4.69, 9.17) is 5.73 Å². The Morgan fingerprint density at radius 3 is 2.71 bits per heavy atom. The maximum Gasteiger partial charge on any atom is 0.270 e. The number of likely N-dealkylation sites (tertiary alicyclic amines) is 1. The van der Waals surface area contributed by atoms with Crippen LogP contribution >= 0.6 is 0 Å². The third kappa shape index (κ3) is 1.80. The van der Waals surface area contributed by atoms with E-state index in [0.717, 1.165) is 12.8 Å². The Bertz CT molecular complexity index is 466. The lowest BCUT2D eigenvalue weighted by molar-refractivity contribution is -0.0672. The molecule has 1 amide bonds. The number of nitrogens with zero attached hydrogens (tertiary/aromatic N) is 2. The van der Waals surface area contributed by atoms with Gasteiger partial charge in [-0.3, -0.25) is 4.79 Å². The van der Waals surface area contributed by atoms with E-state index in [1.54, 1.807) is 17.9 Å². The summed E-state index contributed by atoms with van der Waals surface area (Å²) in [7, 11) is 0. The van der Waals surface area contributed by atoms with Crippen molar-refractivity contribution in [1.82, 2.24) is 9.47 Å². The van der Waals surface area contributed by atoms with Crippen LogP contribution in [0.25, 0.3) is 0 Å². The molecule has 0 spiro atoms. The van der Waals surface area contributed by atoms with Crippen molar-refractivity contribution in [3.05, 3.63) is 18.0 Å². The molecule has 0 bridgehead atoms. The Morgan fingerprint density at radius 2 is 2.18 bits per heavy atom. The van der Waals surface area contributed by atoms with Gasteiger partial charge in [-0.05, 0) is 25.8 Å². The number of aliphatic hydroxyl groups is 1. The van der Waals surface area contributed by atoms with Crippen LogP contribution in [-0.2, 0) is 0 Å². The molecule has 92 valence electrons. The Labute approximate surface area is 99.8 Å². The number of nitrogen functional groups attached to an aromatic ring is 1. The lowest BCUT2D eigenvalue weighted by atomic mass is 9.96.